The number of nitrogens with zero attached hydrogens (tertiary/aromatic N) is 2. The molecule has 21 heavy (non-hydrogen) atoms. The minimum atomic E-state index is -3.24. The molecule has 0 saturated carbocycles. The molecular weight excluding hydrogens is 286 g/mol. The molecule has 0 bridgehead atoms. The maximum Gasteiger partial charge on any atom is 0.177 e. The van der Waals surface area contributed by atoms with E-state index in [1.165, 1.54) is 12.5 Å². The van der Waals surface area contributed by atoms with E-state index in [1.807, 2.05) is 12.1 Å². The molecule has 1 aliphatic rings. The summed E-state index contributed by atoms with van der Waals surface area (Å²) >= 11 is 0. The van der Waals surface area contributed by atoms with E-state index in [1.54, 1.807) is 12.3 Å². The highest BCUT2D eigenvalue weighted by Crippen LogP contribution is 2.26. The second-order valence-electron chi connectivity index (χ2n) is 5.15. The molecule has 6 heteroatoms. The molecule has 0 aliphatic carbocycles. The zero-order valence-electron chi connectivity index (χ0n) is 11.8. The molecule has 110 valence electrons. The lowest BCUT2D eigenvalue weighted by Gasteiger charge is -2.17. The lowest BCUT2D eigenvalue weighted by atomic mass is 10.1. The summed E-state index contributed by atoms with van der Waals surface area (Å²) < 4.78 is 23.3. The summed E-state index contributed by atoms with van der Waals surface area (Å²) in [5.41, 5.74) is 2.91. The number of aromatic nitrogens is 1. The van der Waals surface area contributed by atoms with Crippen LogP contribution in [0.1, 0.15) is 0 Å². The molecule has 1 aromatic heterocycles. The van der Waals surface area contributed by atoms with Gasteiger partial charge in [-0.1, -0.05) is 12.1 Å². The molecule has 0 amide bonds. The highest BCUT2D eigenvalue weighted by Gasteiger charge is 2.13. The van der Waals surface area contributed by atoms with E-state index in [2.05, 4.69) is 27.3 Å². The van der Waals surface area contributed by atoms with Crippen LogP contribution in [0, 0.1) is 0 Å². The van der Waals surface area contributed by atoms with Crippen molar-refractivity contribution >= 4 is 15.5 Å². The van der Waals surface area contributed by atoms with E-state index in [4.69, 9.17) is 0 Å². The number of sulfone groups is 1. The third-order valence-electron chi connectivity index (χ3n) is 3.55. The Morgan fingerprint density at radius 2 is 2.05 bits per heavy atom. The zero-order valence-corrected chi connectivity index (χ0v) is 12.6. The van der Waals surface area contributed by atoms with Gasteiger partial charge in [-0.25, -0.2) is 8.42 Å². The Bertz CT molecular complexity index is 753. The molecule has 2 heterocycles. The van der Waals surface area contributed by atoms with Gasteiger partial charge < -0.3 is 4.90 Å². The van der Waals surface area contributed by atoms with E-state index in [0.29, 0.717) is 0 Å². The van der Waals surface area contributed by atoms with Crippen molar-refractivity contribution in [3.8, 4) is 11.1 Å². The third kappa shape index (κ3) is 3.06. The smallest absolute Gasteiger partial charge is 0.177 e. The molecule has 5 nitrogen and oxygen atoms in total. The molecular formula is C15H17N3O2S. The fourth-order valence-corrected chi connectivity index (χ4v) is 2.98. The van der Waals surface area contributed by atoms with Crippen LogP contribution in [0.3, 0.4) is 0 Å². The summed E-state index contributed by atoms with van der Waals surface area (Å²) in [6.07, 6.45) is 4.27. The lowest BCUT2D eigenvalue weighted by Crippen LogP contribution is -2.20. The Labute approximate surface area is 124 Å². The van der Waals surface area contributed by atoms with Gasteiger partial charge in [0.1, 0.15) is 0 Å². The number of nitrogens with one attached hydrogen (secondary N) is 1. The monoisotopic (exact) mass is 303 g/mol. The van der Waals surface area contributed by atoms with Crippen molar-refractivity contribution in [1.29, 1.82) is 0 Å². The van der Waals surface area contributed by atoms with Crippen molar-refractivity contribution in [2.24, 2.45) is 0 Å². The van der Waals surface area contributed by atoms with Gasteiger partial charge in [0.15, 0.2) is 9.84 Å². The molecule has 1 aromatic carbocycles. The average molecular weight is 303 g/mol. The van der Waals surface area contributed by atoms with Crippen molar-refractivity contribution in [3.63, 3.8) is 0 Å². The second-order valence-corrected chi connectivity index (χ2v) is 7.17. The predicted molar refractivity (Wildman–Crippen MR) is 83.0 cm³/mol. The zero-order chi connectivity index (χ0) is 14.9. The summed E-state index contributed by atoms with van der Waals surface area (Å²) in [4.78, 5) is 6.54. The van der Waals surface area contributed by atoms with Crippen LogP contribution in [-0.4, -0.2) is 39.4 Å². The van der Waals surface area contributed by atoms with Crippen LogP contribution in [0.4, 0.5) is 5.69 Å². The Morgan fingerprint density at radius 1 is 1.19 bits per heavy atom. The quantitative estimate of drug-likeness (QED) is 0.931. The predicted octanol–water partition coefficient (Wildman–Crippen LogP) is 1.52. The molecule has 0 unspecified atom stereocenters. The largest absolute Gasteiger partial charge is 0.357 e. The first-order valence-corrected chi connectivity index (χ1v) is 8.64. The standard InChI is InChI=1S/C15H17N3O2S/c1-21(19,20)15-8-13(9-17-10-15)12-3-2-4-14(7-12)18-6-5-16-11-18/h2-4,7-10,16H,5-6,11H2,1H3. The molecule has 1 fully saturated rings. The molecule has 3 rings (SSSR count). The summed E-state index contributed by atoms with van der Waals surface area (Å²) in [5.74, 6) is 0. The van der Waals surface area contributed by atoms with Crippen molar-refractivity contribution in [1.82, 2.24) is 10.3 Å². The minimum Gasteiger partial charge on any atom is -0.357 e. The molecule has 0 atom stereocenters. The maximum atomic E-state index is 11.6. The Balaban J connectivity index is 1.99. The van der Waals surface area contributed by atoms with E-state index in [9.17, 15) is 8.42 Å². The van der Waals surface area contributed by atoms with E-state index >= 15 is 0 Å². The number of anilines is 1. The molecule has 1 aliphatic heterocycles. The van der Waals surface area contributed by atoms with E-state index < -0.39 is 9.84 Å². The number of benzene rings is 1. The van der Waals surface area contributed by atoms with Crippen LogP contribution >= 0.6 is 0 Å². The van der Waals surface area contributed by atoms with Crippen LogP contribution in [0.2, 0.25) is 0 Å². The number of pyridine rings is 1. The van der Waals surface area contributed by atoms with Crippen molar-refractivity contribution < 1.29 is 8.42 Å². The van der Waals surface area contributed by atoms with Gasteiger partial charge in [-0.3, -0.25) is 10.3 Å². The summed E-state index contributed by atoms with van der Waals surface area (Å²) in [7, 11) is -3.24. The molecule has 1 N–H and O–H groups in total. The van der Waals surface area contributed by atoms with E-state index in [0.717, 1.165) is 36.6 Å². The first kappa shape index (κ1) is 14.0. The highest BCUT2D eigenvalue weighted by atomic mass is 32.2. The number of hydrogen-bond acceptors (Lipinski definition) is 5. The summed E-state index contributed by atoms with van der Waals surface area (Å²) in [5, 5.41) is 3.29. The number of hydrogen-bond donors (Lipinski definition) is 1. The molecule has 1 saturated heterocycles. The number of rotatable bonds is 3. The SMILES string of the molecule is CS(=O)(=O)c1cncc(-c2cccc(N3CCNC3)c2)c1. The van der Waals surface area contributed by atoms with Gasteiger partial charge in [0.05, 0.1) is 11.6 Å². The van der Waals surface area contributed by atoms with Gasteiger partial charge in [-0.15, -0.1) is 0 Å². The van der Waals surface area contributed by atoms with Crippen molar-refractivity contribution in [2.75, 3.05) is 30.9 Å². The molecule has 2 aromatic rings. The van der Waals surface area contributed by atoms with Crippen LogP contribution in [-0.2, 0) is 9.84 Å². The van der Waals surface area contributed by atoms with Gasteiger partial charge in [0, 0.05) is 43.0 Å². The van der Waals surface area contributed by atoms with Gasteiger partial charge in [-0.05, 0) is 23.8 Å². The first-order valence-electron chi connectivity index (χ1n) is 6.75. The minimum absolute atomic E-state index is 0.244. The normalized spacial score (nSPS) is 15.4. The highest BCUT2D eigenvalue weighted by molar-refractivity contribution is 7.90. The Hall–Kier alpha value is -1.92. The third-order valence-corrected chi connectivity index (χ3v) is 4.63. The Kier molecular flexibility index (Phi) is 3.65. The Morgan fingerprint density at radius 3 is 2.76 bits per heavy atom. The van der Waals surface area contributed by atoms with Crippen LogP contribution in [0.5, 0.6) is 0 Å². The van der Waals surface area contributed by atoms with Crippen molar-refractivity contribution in [2.45, 2.75) is 4.90 Å². The molecule has 0 spiro atoms. The van der Waals surface area contributed by atoms with Crippen LogP contribution < -0.4 is 10.2 Å². The average Bonchev–Trinajstić information content (AvgIpc) is 3.01. The van der Waals surface area contributed by atoms with Crippen LogP contribution in [0.25, 0.3) is 11.1 Å². The second kappa shape index (κ2) is 5.46. The topological polar surface area (TPSA) is 62.3 Å². The maximum absolute atomic E-state index is 11.6. The molecule has 0 radical (unpaired) electrons. The van der Waals surface area contributed by atoms with Crippen molar-refractivity contribution in [3.05, 3.63) is 42.7 Å². The summed E-state index contributed by atoms with van der Waals surface area (Å²) in [6, 6.07) is 9.75. The fraction of sp³-hybridized carbons (Fsp3) is 0.267. The van der Waals surface area contributed by atoms with Gasteiger partial charge in [-0.2, -0.15) is 0 Å². The fourth-order valence-electron chi connectivity index (χ4n) is 2.39. The lowest BCUT2D eigenvalue weighted by molar-refractivity contribution is 0.601. The van der Waals surface area contributed by atoms with Crippen LogP contribution in [0.15, 0.2) is 47.6 Å². The summed E-state index contributed by atoms with van der Waals surface area (Å²) in [6.45, 7) is 2.80. The van der Waals surface area contributed by atoms with Gasteiger partial charge in [0.25, 0.3) is 0 Å². The first-order chi connectivity index (χ1) is 10.0. The van der Waals surface area contributed by atoms with Gasteiger partial charge >= 0.3 is 0 Å². The van der Waals surface area contributed by atoms with E-state index in [-0.39, 0.29) is 4.90 Å². The van der Waals surface area contributed by atoms with Gasteiger partial charge in [0.2, 0.25) is 0 Å².